The Morgan fingerprint density at radius 3 is 1.86 bits per heavy atom. The zero-order valence-corrected chi connectivity index (χ0v) is 17.1. The van der Waals surface area contributed by atoms with Gasteiger partial charge in [-0.1, -0.05) is 13.8 Å². The fraction of sp³-hybridized carbons (Fsp3) is 0.789. The molecule has 0 aromatic rings. The molecule has 0 aliphatic carbocycles. The zero-order chi connectivity index (χ0) is 21.4. The SMILES string of the molecule is CCC(C)C(=O)NCCC(=O)O[C@H]1CO[C@H]2[C@@H]1OC[C@H]2OC(=O)CCNC(C)=O. The molecule has 29 heavy (non-hydrogen) atoms. The van der Waals surface area contributed by atoms with Crippen LogP contribution in [0.2, 0.25) is 0 Å². The lowest BCUT2D eigenvalue weighted by molar-refractivity contribution is -0.155. The Kier molecular flexibility index (Phi) is 8.84. The van der Waals surface area contributed by atoms with Gasteiger partial charge in [0.15, 0.2) is 12.2 Å². The lowest BCUT2D eigenvalue weighted by Gasteiger charge is -2.17. The van der Waals surface area contributed by atoms with Crippen LogP contribution in [0.15, 0.2) is 0 Å². The first-order valence-electron chi connectivity index (χ1n) is 9.96. The van der Waals surface area contributed by atoms with Gasteiger partial charge in [-0.2, -0.15) is 0 Å². The van der Waals surface area contributed by atoms with Gasteiger partial charge in [0, 0.05) is 25.9 Å². The number of hydrogen-bond donors (Lipinski definition) is 2. The summed E-state index contributed by atoms with van der Waals surface area (Å²) in [4.78, 5) is 46.4. The van der Waals surface area contributed by atoms with Gasteiger partial charge in [-0.15, -0.1) is 0 Å². The molecule has 5 atom stereocenters. The van der Waals surface area contributed by atoms with Gasteiger partial charge in [0.25, 0.3) is 0 Å². The Bertz CT molecular complexity index is 611. The number of carbonyl (C=O) groups excluding carboxylic acids is 4. The molecule has 2 rings (SSSR count). The maximum Gasteiger partial charge on any atom is 0.308 e. The van der Waals surface area contributed by atoms with Gasteiger partial charge in [0.2, 0.25) is 11.8 Å². The molecule has 0 aromatic carbocycles. The molecule has 10 nitrogen and oxygen atoms in total. The molecule has 1 unspecified atom stereocenters. The normalized spacial score (nSPS) is 26.3. The highest BCUT2D eigenvalue weighted by Gasteiger charge is 2.51. The Morgan fingerprint density at radius 1 is 0.931 bits per heavy atom. The standard InChI is InChI=1S/C19H30N2O8/c1-4-11(2)19(25)21-8-6-16(24)29-14-10-27-17-13(9-26-18(14)17)28-15(23)5-7-20-12(3)22/h11,13-14,17-18H,4-10H2,1-3H3,(H,20,22)(H,21,25)/t11?,13-,14+,17-,18-/m1/s1. The molecule has 2 heterocycles. The van der Waals surface area contributed by atoms with E-state index in [9.17, 15) is 19.2 Å². The predicted octanol–water partition coefficient (Wildman–Crippen LogP) is -0.314. The van der Waals surface area contributed by atoms with Crippen molar-refractivity contribution in [1.82, 2.24) is 10.6 Å². The second kappa shape index (κ2) is 11.1. The van der Waals surface area contributed by atoms with E-state index in [4.69, 9.17) is 18.9 Å². The van der Waals surface area contributed by atoms with E-state index >= 15 is 0 Å². The minimum atomic E-state index is -0.583. The quantitative estimate of drug-likeness (QED) is 0.466. The number of hydrogen-bond acceptors (Lipinski definition) is 8. The summed E-state index contributed by atoms with van der Waals surface area (Å²) in [5.74, 6) is -1.32. The molecule has 10 heteroatoms. The van der Waals surface area contributed by atoms with Crippen molar-refractivity contribution < 1.29 is 38.1 Å². The summed E-state index contributed by atoms with van der Waals surface area (Å²) >= 11 is 0. The molecule has 0 aromatic heterocycles. The average molecular weight is 414 g/mol. The van der Waals surface area contributed by atoms with Crippen molar-refractivity contribution in [1.29, 1.82) is 0 Å². The van der Waals surface area contributed by atoms with Gasteiger partial charge in [-0.05, 0) is 6.42 Å². The van der Waals surface area contributed by atoms with E-state index in [1.165, 1.54) is 6.92 Å². The molecule has 2 N–H and O–H groups in total. The van der Waals surface area contributed by atoms with Crippen molar-refractivity contribution in [2.45, 2.75) is 64.4 Å². The van der Waals surface area contributed by atoms with Gasteiger partial charge >= 0.3 is 11.9 Å². The van der Waals surface area contributed by atoms with Crippen LogP contribution in [-0.4, -0.2) is 74.5 Å². The van der Waals surface area contributed by atoms with Crippen LogP contribution in [-0.2, 0) is 38.1 Å². The first kappa shape index (κ1) is 23.1. The zero-order valence-electron chi connectivity index (χ0n) is 17.1. The molecule has 0 spiro atoms. The average Bonchev–Trinajstić information content (AvgIpc) is 3.24. The number of carbonyl (C=O) groups is 4. The van der Waals surface area contributed by atoms with E-state index in [2.05, 4.69) is 10.6 Å². The van der Waals surface area contributed by atoms with Crippen molar-refractivity contribution in [3.8, 4) is 0 Å². The van der Waals surface area contributed by atoms with Crippen molar-refractivity contribution in [3.63, 3.8) is 0 Å². The second-order valence-corrected chi connectivity index (χ2v) is 7.24. The monoisotopic (exact) mass is 414 g/mol. The molecule has 164 valence electrons. The van der Waals surface area contributed by atoms with Crippen molar-refractivity contribution in [3.05, 3.63) is 0 Å². The highest BCUT2D eigenvalue weighted by atomic mass is 16.7. The third-order valence-corrected chi connectivity index (χ3v) is 4.92. The van der Waals surface area contributed by atoms with E-state index < -0.39 is 36.4 Å². The minimum absolute atomic E-state index is 0.0499. The Labute approximate surface area is 169 Å². The second-order valence-electron chi connectivity index (χ2n) is 7.24. The van der Waals surface area contributed by atoms with E-state index in [0.29, 0.717) is 0 Å². The van der Waals surface area contributed by atoms with Gasteiger partial charge < -0.3 is 29.6 Å². The molecule has 2 aliphatic rings. The number of esters is 2. The van der Waals surface area contributed by atoms with E-state index in [1.54, 1.807) is 0 Å². The summed E-state index contributed by atoms with van der Waals surface area (Å²) in [6.07, 6.45) is -1.32. The van der Waals surface area contributed by atoms with Crippen LogP contribution in [0.5, 0.6) is 0 Å². The number of ether oxygens (including phenoxy) is 4. The molecular weight excluding hydrogens is 384 g/mol. The Balaban J connectivity index is 1.70. The van der Waals surface area contributed by atoms with Crippen molar-refractivity contribution >= 4 is 23.8 Å². The van der Waals surface area contributed by atoms with Crippen LogP contribution in [0.4, 0.5) is 0 Å². The Morgan fingerprint density at radius 2 is 1.41 bits per heavy atom. The summed E-state index contributed by atoms with van der Waals surface area (Å²) in [6, 6.07) is 0. The van der Waals surface area contributed by atoms with Crippen LogP contribution < -0.4 is 10.6 Å². The van der Waals surface area contributed by atoms with Crippen molar-refractivity contribution in [2.24, 2.45) is 5.92 Å². The van der Waals surface area contributed by atoms with Crippen LogP contribution in [0.3, 0.4) is 0 Å². The lowest BCUT2D eigenvalue weighted by atomic mass is 10.1. The maximum atomic E-state index is 12.0. The van der Waals surface area contributed by atoms with Gasteiger partial charge in [0.1, 0.15) is 12.2 Å². The smallest absolute Gasteiger partial charge is 0.308 e. The van der Waals surface area contributed by atoms with E-state index in [1.807, 2.05) is 13.8 Å². The third-order valence-electron chi connectivity index (χ3n) is 4.92. The summed E-state index contributed by atoms with van der Waals surface area (Å²) in [5, 5.41) is 5.23. The molecule has 2 aliphatic heterocycles. The largest absolute Gasteiger partial charge is 0.457 e. The van der Waals surface area contributed by atoms with E-state index in [-0.39, 0.29) is 56.9 Å². The third kappa shape index (κ3) is 6.97. The first-order valence-corrected chi connectivity index (χ1v) is 9.96. The summed E-state index contributed by atoms with van der Waals surface area (Å²) in [7, 11) is 0. The van der Waals surface area contributed by atoms with Gasteiger partial charge in [-0.3, -0.25) is 19.2 Å². The minimum Gasteiger partial charge on any atom is -0.457 e. The fourth-order valence-electron chi connectivity index (χ4n) is 3.07. The number of nitrogens with one attached hydrogen (secondary N) is 2. The number of amides is 2. The highest BCUT2D eigenvalue weighted by molar-refractivity contribution is 5.79. The molecular formula is C19H30N2O8. The fourth-order valence-corrected chi connectivity index (χ4v) is 3.07. The molecule has 0 radical (unpaired) electrons. The number of fused-ring (bicyclic) bond motifs is 1. The number of rotatable bonds is 10. The molecule has 2 saturated heterocycles. The van der Waals surface area contributed by atoms with Crippen molar-refractivity contribution in [2.75, 3.05) is 26.3 Å². The molecule has 2 fully saturated rings. The van der Waals surface area contributed by atoms with Crippen LogP contribution in [0, 0.1) is 5.92 Å². The van der Waals surface area contributed by atoms with Crippen LogP contribution in [0.25, 0.3) is 0 Å². The molecule has 0 bridgehead atoms. The maximum absolute atomic E-state index is 12.0. The highest BCUT2D eigenvalue weighted by Crippen LogP contribution is 2.30. The van der Waals surface area contributed by atoms with Crippen LogP contribution >= 0.6 is 0 Å². The molecule has 2 amide bonds. The van der Waals surface area contributed by atoms with E-state index in [0.717, 1.165) is 6.42 Å². The summed E-state index contributed by atoms with van der Waals surface area (Å²) in [5.41, 5.74) is 0. The van der Waals surface area contributed by atoms with Crippen LogP contribution in [0.1, 0.15) is 40.0 Å². The summed E-state index contributed by atoms with van der Waals surface area (Å²) in [6.45, 7) is 5.83. The van der Waals surface area contributed by atoms with Gasteiger partial charge in [0.05, 0.1) is 26.1 Å². The first-order chi connectivity index (χ1) is 13.8. The lowest BCUT2D eigenvalue weighted by Crippen LogP contribution is -2.37. The predicted molar refractivity (Wildman–Crippen MR) is 99.6 cm³/mol. The molecule has 0 saturated carbocycles. The van der Waals surface area contributed by atoms with Gasteiger partial charge in [-0.25, -0.2) is 0 Å². The summed E-state index contributed by atoms with van der Waals surface area (Å²) < 4.78 is 22.0. The topological polar surface area (TPSA) is 129 Å². The Hall–Kier alpha value is -2.20.